The van der Waals surface area contributed by atoms with Gasteiger partial charge in [-0.1, -0.05) is 75.2 Å². The van der Waals surface area contributed by atoms with Crippen LogP contribution in [0.3, 0.4) is 0 Å². The number of amides is 1. The summed E-state index contributed by atoms with van der Waals surface area (Å²) in [7, 11) is 0. The van der Waals surface area contributed by atoms with Gasteiger partial charge >= 0.3 is 5.97 Å². The van der Waals surface area contributed by atoms with Gasteiger partial charge in [-0.2, -0.15) is 0 Å². The van der Waals surface area contributed by atoms with E-state index in [1.54, 1.807) is 42.5 Å². The quantitative estimate of drug-likeness (QED) is 0.321. The second-order valence-electron chi connectivity index (χ2n) is 8.87. The lowest BCUT2D eigenvalue weighted by Gasteiger charge is -2.26. The number of carboxylic acids is 1. The van der Waals surface area contributed by atoms with Crippen molar-refractivity contribution in [1.29, 1.82) is 0 Å². The Kier molecular flexibility index (Phi) is 8.35. The van der Waals surface area contributed by atoms with Gasteiger partial charge in [-0.25, -0.2) is 4.79 Å². The summed E-state index contributed by atoms with van der Waals surface area (Å²) < 4.78 is 5.79. The van der Waals surface area contributed by atoms with Crippen molar-refractivity contribution < 1.29 is 19.4 Å². The predicted molar refractivity (Wildman–Crippen MR) is 136 cm³/mol. The molecule has 3 rings (SSSR count). The van der Waals surface area contributed by atoms with E-state index in [4.69, 9.17) is 21.4 Å². The molecule has 0 bridgehead atoms. The molecule has 0 fully saturated rings. The van der Waals surface area contributed by atoms with Crippen LogP contribution in [0.15, 0.2) is 66.7 Å². The first-order valence-corrected chi connectivity index (χ1v) is 11.7. The van der Waals surface area contributed by atoms with E-state index in [0.717, 1.165) is 29.5 Å². The van der Waals surface area contributed by atoms with E-state index in [2.05, 4.69) is 26.1 Å². The van der Waals surface area contributed by atoms with Crippen LogP contribution in [0.5, 0.6) is 5.75 Å². The van der Waals surface area contributed by atoms with Crippen LogP contribution in [0, 0.1) is 0 Å². The molecule has 3 aromatic rings. The summed E-state index contributed by atoms with van der Waals surface area (Å²) in [6.07, 6.45) is 1.92. The van der Waals surface area contributed by atoms with Crippen molar-refractivity contribution in [2.75, 3.05) is 13.2 Å². The Morgan fingerprint density at radius 3 is 2.18 bits per heavy atom. The number of benzene rings is 3. The Labute approximate surface area is 205 Å². The SMILES string of the molecule is CCCCOc1ccc(Cl)cc1C(=O)NCC(C)(C)c1ccc(-c2ccc(C(=O)O)cc2)cc1. The molecule has 0 aromatic heterocycles. The molecule has 0 aliphatic rings. The standard InChI is InChI=1S/C28H30ClNO4/c1-4-5-16-34-25-15-14-23(29)17-24(25)26(31)30-18-28(2,3)22-12-10-20(11-13-22)19-6-8-21(9-7-19)27(32)33/h6-15,17H,4-5,16,18H2,1-3H3,(H,30,31)(H,32,33). The van der Waals surface area contributed by atoms with Crippen molar-refractivity contribution in [3.05, 3.63) is 88.4 Å². The number of rotatable bonds is 10. The van der Waals surface area contributed by atoms with Crippen molar-refractivity contribution >= 4 is 23.5 Å². The van der Waals surface area contributed by atoms with Gasteiger partial charge in [-0.3, -0.25) is 4.79 Å². The molecule has 0 saturated carbocycles. The summed E-state index contributed by atoms with van der Waals surface area (Å²) in [5.41, 5.74) is 3.38. The number of aromatic carboxylic acids is 1. The maximum atomic E-state index is 13.0. The Morgan fingerprint density at radius 1 is 0.971 bits per heavy atom. The van der Waals surface area contributed by atoms with Crippen LogP contribution < -0.4 is 10.1 Å². The number of carbonyl (C=O) groups excluding carboxylic acids is 1. The predicted octanol–water partition coefficient (Wildman–Crippen LogP) is 6.59. The molecule has 178 valence electrons. The molecule has 5 nitrogen and oxygen atoms in total. The number of nitrogens with one attached hydrogen (secondary N) is 1. The molecule has 6 heteroatoms. The average Bonchev–Trinajstić information content (AvgIpc) is 2.83. The van der Waals surface area contributed by atoms with Gasteiger partial charge in [-0.15, -0.1) is 0 Å². The van der Waals surface area contributed by atoms with E-state index >= 15 is 0 Å². The summed E-state index contributed by atoms with van der Waals surface area (Å²) in [6, 6.07) is 20.0. The highest BCUT2D eigenvalue weighted by atomic mass is 35.5. The maximum Gasteiger partial charge on any atom is 0.335 e. The highest BCUT2D eigenvalue weighted by Crippen LogP contribution is 2.28. The van der Waals surface area contributed by atoms with Crippen molar-refractivity contribution in [2.24, 2.45) is 0 Å². The Hall–Kier alpha value is -3.31. The van der Waals surface area contributed by atoms with Gasteiger partial charge in [0.05, 0.1) is 17.7 Å². The number of unbranched alkanes of at least 4 members (excludes halogenated alkanes) is 1. The topological polar surface area (TPSA) is 75.6 Å². The van der Waals surface area contributed by atoms with E-state index in [0.29, 0.717) is 29.5 Å². The van der Waals surface area contributed by atoms with Gasteiger partial charge in [0.2, 0.25) is 0 Å². The van der Waals surface area contributed by atoms with Gasteiger partial charge in [0, 0.05) is 17.0 Å². The summed E-state index contributed by atoms with van der Waals surface area (Å²) in [6.45, 7) is 7.21. The lowest BCUT2D eigenvalue weighted by molar-refractivity contribution is 0.0696. The molecule has 0 spiro atoms. The zero-order valence-corrected chi connectivity index (χ0v) is 20.5. The van der Waals surface area contributed by atoms with Crippen LogP contribution in [-0.4, -0.2) is 30.1 Å². The van der Waals surface area contributed by atoms with Crippen LogP contribution in [0.25, 0.3) is 11.1 Å². The van der Waals surface area contributed by atoms with Gasteiger partial charge in [0.15, 0.2) is 0 Å². The fraction of sp³-hybridized carbons (Fsp3) is 0.286. The van der Waals surface area contributed by atoms with Gasteiger partial charge in [0.25, 0.3) is 5.91 Å². The summed E-state index contributed by atoms with van der Waals surface area (Å²) in [5, 5.41) is 12.6. The molecule has 3 aromatic carbocycles. The number of ether oxygens (including phenoxy) is 1. The normalized spacial score (nSPS) is 11.2. The molecule has 0 radical (unpaired) electrons. The van der Waals surface area contributed by atoms with Crippen molar-refractivity contribution in [3.63, 3.8) is 0 Å². The van der Waals surface area contributed by atoms with Gasteiger partial charge in [0.1, 0.15) is 5.75 Å². The zero-order chi connectivity index (χ0) is 24.7. The van der Waals surface area contributed by atoms with Crippen LogP contribution in [0.1, 0.15) is 59.9 Å². The average molecular weight is 480 g/mol. The third-order valence-electron chi connectivity index (χ3n) is 5.76. The third kappa shape index (κ3) is 6.39. The fourth-order valence-electron chi connectivity index (χ4n) is 3.55. The number of carboxylic acid groups (broad SMARTS) is 1. The summed E-state index contributed by atoms with van der Waals surface area (Å²) in [4.78, 5) is 24.0. The molecule has 34 heavy (non-hydrogen) atoms. The first kappa shape index (κ1) is 25.3. The van der Waals surface area contributed by atoms with E-state index < -0.39 is 5.97 Å². The smallest absolute Gasteiger partial charge is 0.335 e. The van der Waals surface area contributed by atoms with E-state index in [-0.39, 0.29) is 16.9 Å². The minimum atomic E-state index is -0.942. The van der Waals surface area contributed by atoms with Crippen LogP contribution in [0.2, 0.25) is 5.02 Å². The van der Waals surface area contributed by atoms with Gasteiger partial charge < -0.3 is 15.2 Å². The molecule has 2 N–H and O–H groups in total. The molecule has 0 aliphatic carbocycles. The van der Waals surface area contributed by atoms with Crippen LogP contribution in [0.4, 0.5) is 0 Å². The molecule has 0 saturated heterocycles. The lowest BCUT2D eigenvalue weighted by Crippen LogP contribution is -2.36. The van der Waals surface area contributed by atoms with Gasteiger partial charge in [-0.05, 0) is 53.4 Å². The monoisotopic (exact) mass is 479 g/mol. The number of hydrogen-bond donors (Lipinski definition) is 2. The summed E-state index contributed by atoms with van der Waals surface area (Å²) >= 11 is 6.13. The molecule has 0 heterocycles. The summed E-state index contributed by atoms with van der Waals surface area (Å²) in [5.74, 6) is -0.633. The molecule has 0 unspecified atom stereocenters. The second-order valence-corrected chi connectivity index (χ2v) is 9.31. The van der Waals surface area contributed by atoms with E-state index in [9.17, 15) is 9.59 Å². The molecular formula is C28H30ClNO4. The van der Waals surface area contributed by atoms with Crippen LogP contribution >= 0.6 is 11.6 Å². The minimum Gasteiger partial charge on any atom is -0.493 e. The van der Waals surface area contributed by atoms with E-state index in [1.807, 2.05) is 24.3 Å². The third-order valence-corrected chi connectivity index (χ3v) is 6.00. The first-order valence-electron chi connectivity index (χ1n) is 11.4. The highest BCUT2D eigenvalue weighted by molar-refractivity contribution is 6.31. The Bertz CT molecular complexity index is 1140. The number of halogens is 1. The van der Waals surface area contributed by atoms with Crippen molar-refractivity contribution in [1.82, 2.24) is 5.32 Å². The second kappa shape index (κ2) is 11.2. The van der Waals surface area contributed by atoms with Crippen LogP contribution in [-0.2, 0) is 5.41 Å². The molecule has 0 aliphatic heterocycles. The van der Waals surface area contributed by atoms with E-state index in [1.165, 1.54) is 0 Å². The molecular weight excluding hydrogens is 450 g/mol. The largest absolute Gasteiger partial charge is 0.493 e. The fourth-order valence-corrected chi connectivity index (χ4v) is 3.72. The highest BCUT2D eigenvalue weighted by Gasteiger charge is 2.23. The Balaban J connectivity index is 1.68. The number of hydrogen-bond acceptors (Lipinski definition) is 3. The lowest BCUT2D eigenvalue weighted by atomic mass is 9.83. The minimum absolute atomic E-state index is 0.225. The van der Waals surface area contributed by atoms with Crippen molar-refractivity contribution in [3.8, 4) is 16.9 Å². The molecule has 1 amide bonds. The zero-order valence-electron chi connectivity index (χ0n) is 19.7. The number of carbonyl (C=O) groups is 2. The van der Waals surface area contributed by atoms with Crippen molar-refractivity contribution in [2.45, 2.75) is 39.0 Å². The molecule has 0 atom stereocenters. The maximum absolute atomic E-state index is 13.0. The first-order chi connectivity index (χ1) is 16.2. The Morgan fingerprint density at radius 2 is 1.59 bits per heavy atom.